The lowest BCUT2D eigenvalue weighted by molar-refractivity contribution is -0.119. The van der Waals surface area contributed by atoms with Gasteiger partial charge in [-0.3, -0.25) is 4.79 Å². The van der Waals surface area contributed by atoms with Crippen molar-refractivity contribution in [3.05, 3.63) is 0 Å². The van der Waals surface area contributed by atoms with Crippen LogP contribution in [0.4, 0.5) is 0 Å². The second-order valence-corrected chi connectivity index (χ2v) is 5.63. The van der Waals surface area contributed by atoms with E-state index in [9.17, 15) is 9.90 Å². The molecule has 0 aliphatic heterocycles. The average Bonchev–Trinajstić information content (AvgIpc) is 2.23. The third-order valence-electron chi connectivity index (χ3n) is 2.48. The van der Waals surface area contributed by atoms with Gasteiger partial charge in [-0.2, -0.15) is 0 Å². The summed E-state index contributed by atoms with van der Waals surface area (Å²) in [5.41, 5.74) is -0.738. The molecule has 0 bridgehead atoms. The van der Waals surface area contributed by atoms with Gasteiger partial charge in [0.25, 0.3) is 0 Å². The summed E-state index contributed by atoms with van der Waals surface area (Å²) < 4.78 is 0. The van der Waals surface area contributed by atoms with Crippen molar-refractivity contribution in [3.8, 4) is 0 Å². The second-order valence-electron chi connectivity index (χ2n) is 4.07. The van der Waals surface area contributed by atoms with Gasteiger partial charge in [0.1, 0.15) is 0 Å². The highest BCUT2D eigenvalue weighted by Crippen LogP contribution is 2.13. The number of hydrogen-bond acceptors (Lipinski definition) is 3. The Bertz CT molecular complexity index is 191. The predicted octanol–water partition coefficient (Wildman–Crippen LogP) is 1.80. The van der Waals surface area contributed by atoms with Crippen LogP contribution in [0.1, 0.15) is 40.5 Å². The molecular formula is C11H23NO2S. The summed E-state index contributed by atoms with van der Waals surface area (Å²) >= 11 is 1.61. The van der Waals surface area contributed by atoms with Crippen LogP contribution < -0.4 is 5.32 Å². The molecule has 0 aromatic heterocycles. The van der Waals surface area contributed by atoms with Gasteiger partial charge in [0.15, 0.2) is 0 Å². The van der Waals surface area contributed by atoms with E-state index in [-0.39, 0.29) is 5.91 Å². The molecule has 0 aliphatic carbocycles. The first-order valence-corrected chi connectivity index (χ1v) is 6.59. The van der Waals surface area contributed by atoms with Crippen molar-refractivity contribution in [2.75, 3.05) is 12.3 Å². The molecule has 3 nitrogen and oxygen atoms in total. The third-order valence-corrected chi connectivity index (χ3v) is 3.57. The lowest BCUT2D eigenvalue weighted by Crippen LogP contribution is -2.42. The highest BCUT2D eigenvalue weighted by molar-refractivity contribution is 8.00. The van der Waals surface area contributed by atoms with Gasteiger partial charge in [0.2, 0.25) is 5.91 Å². The summed E-state index contributed by atoms with van der Waals surface area (Å²) in [6.07, 6.45) is 1.34. The lowest BCUT2D eigenvalue weighted by Gasteiger charge is -2.25. The first-order valence-electron chi connectivity index (χ1n) is 5.54. The van der Waals surface area contributed by atoms with Gasteiger partial charge in [0.05, 0.1) is 11.4 Å². The lowest BCUT2D eigenvalue weighted by atomic mass is 9.98. The fourth-order valence-electron chi connectivity index (χ4n) is 1.06. The maximum atomic E-state index is 11.4. The van der Waals surface area contributed by atoms with Gasteiger partial charge in [-0.1, -0.05) is 27.7 Å². The zero-order chi connectivity index (χ0) is 11.9. The average molecular weight is 233 g/mol. The summed E-state index contributed by atoms with van der Waals surface area (Å²) in [6, 6.07) is 0. The second kappa shape index (κ2) is 7.12. The number of carbonyl (C=O) groups excluding carboxylic acids is 1. The molecule has 4 heteroatoms. The van der Waals surface area contributed by atoms with E-state index in [1.807, 2.05) is 13.8 Å². The van der Waals surface area contributed by atoms with Crippen molar-refractivity contribution in [2.24, 2.45) is 0 Å². The standard InChI is InChI=1S/C11H23NO2S/c1-5-11(14,6-2)8-12-10(13)7-15-9(3)4/h9,14H,5-8H2,1-4H3,(H,12,13). The molecule has 0 aromatic carbocycles. The van der Waals surface area contributed by atoms with Crippen LogP contribution >= 0.6 is 11.8 Å². The number of rotatable bonds is 7. The first-order chi connectivity index (χ1) is 6.93. The SMILES string of the molecule is CCC(O)(CC)CNC(=O)CSC(C)C. The van der Waals surface area contributed by atoms with E-state index in [2.05, 4.69) is 19.2 Å². The van der Waals surface area contributed by atoms with Crippen LogP contribution in [-0.2, 0) is 4.79 Å². The van der Waals surface area contributed by atoms with E-state index in [0.29, 0.717) is 30.4 Å². The Hall–Kier alpha value is -0.220. The van der Waals surface area contributed by atoms with Gasteiger partial charge < -0.3 is 10.4 Å². The highest BCUT2D eigenvalue weighted by Gasteiger charge is 2.22. The third kappa shape index (κ3) is 6.79. The first kappa shape index (κ1) is 14.8. The van der Waals surface area contributed by atoms with Crippen LogP contribution in [0.3, 0.4) is 0 Å². The molecule has 0 unspecified atom stereocenters. The zero-order valence-electron chi connectivity index (χ0n) is 10.2. The molecule has 0 aromatic rings. The molecule has 0 heterocycles. The van der Waals surface area contributed by atoms with Crippen LogP contribution in [0.25, 0.3) is 0 Å². The maximum absolute atomic E-state index is 11.4. The van der Waals surface area contributed by atoms with Crippen LogP contribution in [0.5, 0.6) is 0 Å². The van der Waals surface area contributed by atoms with Crippen molar-refractivity contribution < 1.29 is 9.90 Å². The smallest absolute Gasteiger partial charge is 0.230 e. The monoisotopic (exact) mass is 233 g/mol. The quantitative estimate of drug-likeness (QED) is 0.705. The topological polar surface area (TPSA) is 49.3 Å². The summed E-state index contributed by atoms with van der Waals surface area (Å²) in [5.74, 6) is 0.482. The number of thioether (sulfide) groups is 1. The molecule has 0 saturated carbocycles. The van der Waals surface area contributed by atoms with Crippen molar-refractivity contribution in [1.82, 2.24) is 5.32 Å². The Morgan fingerprint density at radius 3 is 2.33 bits per heavy atom. The largest absolute Gasteiger partial charge is 0.388 e. The molecule has 0 rings (SSSR count). The van der Waals surface area contributed by atoms with E-state index in [1.165, 1.54) is 0 Å². The number of hydrogen-bond donors (Lipinski definition) is 2. The van der Waals surface area contributed by atoms with Crippen molar-refractivity contribution in [1.29, 1.82) is 0 Å². The number of aliphatic hydroxyl groups is 1. The molecule has 90 valence electrons. The Balaban J connectivity index is 3.79. The van der Waals surface area contributed by atoms with E-state index in [1.54, 1.807) is 11.8 Å². The van der Waals surface area contributed by atoms with E-state index in [4.69, 9.17) is 0 Å². The van der Waals surface area contributed by atoms with Gasteiger partial charge in [-0.25, -0.2) is 0 Å². The number of nitrogens with one attached hydrogen (secondary N) is 1. The van der Waals surface area contributed by atoms with Gasteiger partial charge in [0, 0.05) is 6.54 Å². The zero-order valence-corrected chi connectivity index (χ0v) is 11.0. The van der Waals surface area contributed by atoms with Gasteiger partial charge in [-0.15, -0.1) is 11.8 Å². The minimum atomic E-state index is -0.738. The summed E-state index contributed by atoms with van der Waals surface area (Å²) in [6.45, 7) is 8.34. The molecule has 0 saturated heterocycles. The summed E-state index contributed by atoms with van der Waals surface area (Å²) in [4.78, 5) is 11.4. The fourth-order valence-corrected chi connectivity index (χ4v) is 1.64. The summed E-state index contributed by atoms with van der Waals surface area (Å²) in [5, 5.41) is 13.2. The molecular weight excluding hydrogens is 210 g/mol. The van der Waals surface area contributed by atoms with E-state index >= 15 is 0 Å². The molecule has 0 fully saturated rings. The van der Waals surface area contributed by atoms with Crippen LogP contribution in [-0.4, -0.2) is 34.2 Å². The number of carbonyl (C=O) groups is 1. The predicted molar refractivity (Wildman–Crippen MR) is 66.1 cm³/mol. The highest BCUT2D eigenvalue weighted by atomic mass is 32.2. The Morgan fingerprint density at radius 1 is 1.40 bits per heavy atom. The van der Waals surface area contributed by atoms with E-state index in [0.717, 1.165) is 0 Å². The van der Waals surface area contributed by atoms with E-state index < -0.39 is 5.60 Å². The molecule has 0 radical (unpaired) electrons. The van der Waals surface area contributed by atoms with Crippen molar-refractivity contribution in [3.63, 3.8) is 0 Å². The minimum absolute atomic E-state index is 0.00836. The minimum Gasteiger partial charge on any atom is -0.388 e. The normalized spacial score (nSPS) is 11.9. The van der Waals surface area contributed by atoms with Gasteiger partial charge >= 0.3 is 0 Å². The van der Waals surface area contributed by atoms with Crippen molar-refractivity contribution >= 4 is 17.7 Å². The molecule has 0 aliphatic rings. The summed E-state index contributed by atoms with van der Waals surface area (Å²) in [7, 11) is 0. The molecule has 0 atom stereocenters. The maximum Gasteiger partial charge on any atom is 0.230 e. The Morgan fingerprint density at radius 2 is 1.93 bits per heavy atom. The molecule has 0 spiro atoms. The number of amides is 1. The molecule has 15 heavy (non-hydrogen) atoms. The Labute approximate surface area is 97.0 Å². The molecule has 1 amide bonds. The Kier molecular flexibility index (Phi) is 7.02. The van der Waals surface area contributed by atoms with Gasteiger partial charge in [-0.05, 0) is 18.1 Å². The van der Waals surface area contributed by atoms with Crippen LogP contribution in [0.15, 0.2) is 0 Å². The molecule has 2 N–H and O–H groups in total. The fraction of sp³-hybridized carbons (Fsp3) is 0.909. The van der Waals surface area contributed by atoms with Crippen molar-refractivity contribution in [2.45, 2.75) is 51.4 Å². The van der Waals surface area contributed by atoms with Crippen LogP contribution in [0, 0.1) is 0 Å². The van der Waals surface area contributed by atoms with Crippen LogP contribution in [0.2, 0.25) is 0 Å².